The molecule has 0 aliphatic heterocycles. The average molecular weight is 622 g/mol. The van der Waals surface area contributed by atoms with Crippen molar-refractivity contribution < 1.29 is 29.6 Å². The van der Waals surface area contributed by atoms with E-state index in [-0.39, 0.29) is 58.6 Å². The molecule has 0 amide bonds. The number of aliphatic hydroxyl groups excluding tert-OH is 3. The van der Waals surface area contributed by atoms with Gasteiger partial charge in [0.25, 0.3) is 0 Å². The number of aromatic amines is 1. The molecule has 0 spiro atoms. The third-order valence-electron chi connectivity index (χ3n) is 13.9. The molecule has 7 heteroatoms. The van der Waals surface area contributed by atoms with Crippen LogP contribution in [0.25, 0.3) is 10.9 Å². The lowest BCUT2D eigenvalue weighted by Crippen LogP contribution is -2.60. The molecule has 4 aliphatic carbocycles. The molecule has 7 nitrogen and oxygen atoms in total. The van der Waals surface area contributed by atoms with E-state index >= 15 is 0 Å². The van der Waals surface area contributed by atoms with Gasteiger partial charge in [0, 0.05) is 29.4 Å². The number of aliphatic hydroxyl groups is 3. The van der Waals surface area contributed by atoms with Crippen LogP contribution in [0.2, 0.25) is 0 Å². The summed E-state index contributed by atoms with van der Waals surface area (Å²) in [6.07, 6.45) is 4.47. The number of ether oxygens (including phenoxy) is 1. The Balaban J connectivity index is 1.17. The number of nitrogens with one attached hydrogen (secondary N) is 1. The van der Waals surface area contributed by atoms with Gasteiger partial charge in [-0.1, -0.05) is 59.7 Å². The van der Waals surface area contributed by atoms with E-state index in [1.807, 2.05) is 37.4 Å². The first-order valence-corrected chi connectivity index (χ1v) is 17.6. The number of rotatable bonds is 8. The van der Waals surface area contributed by atoms with E-state index in [4.69, 9.17) is 4.74 Å². The zero-order chi connectivity index (χ0) is 32.4. The van der Waals surface area contributed by atoms with Crippen LogP contribution in [-0.4, -0.2) is 56.5 Å². The first kappa shape index (κ1) is 32.7. The lowest BCUT2D eigenvalue weighted by Gasteiger charge is -2.61. The number of H-pyrrole nitrogens is 1. The van der Waals surface area contributed by atoms with Gasteiger partial charge >= 0.3 is 5.97 Å². The van der Waals surface area contributed by atoms with E-state index in [0.717, 1.165) is 42.1 Å². The Labute approximate surface area is 268 Å². The normalized spacial score (nSPS) is 39.1. The zero-order valence-corrected chi connectivity index (χ0v) is 28.0. The van der Waals surface area contributed by atoms with Crippen LogP contribution in [0.3, 0.4) is 0 Å². The molecule has 1 aromatic heterocycles. The van der Waals surface area contributed by atoms with Crippen LogP contribution >= 0.6 is 0 Å². The maximum Gasteiger partial charge on any atom is 0.310 e. The Kier molecular flexibility index (Phi) is 8.79. The summed E-state index contributed by atoms with van der Waals surface area (Å²) in [5.41, 5.74) is 1.53. The molecule has 1 heterocycles. The number of Topliss-reactive ketones (excluding diaryl/α,β-unsaturated/α-hetero) is 1. The smallest absolute Gasteiger partial charge is 0.310 e. The average Bonchev–Trinajstić information content (AvgIpc) is 3.57. The van der Waals surface area contributed by atoms with E-state index in [0.29, 0.717) is 37.0 Å². The Hall–Kier alpha value is -2.22. The van der Waals surface area contributed by atoms with Gasteiger partial charge in [0.2, 0.25) is 0 Å². The number of para-hydroxylation sites is 1. The molecule has 4 N–H and O–H groups in total. The second-order valence-electron chi connectivity index (χ2n) is 16.3. The van der Waals surface area contributed by atoms with Crippen molar-refractivity contribution in [2.45, 2.75) is 117 Å². The molecule has 0 radical (unpaired) electrons. The molecule has 0 saturated heterocycles. The van der Waals surface area contributed by atoms with Crippen LogP contribution in [0.1, 0.15) is 92.1 Å². The maximum absolute atomic E-state index is 13.8. The van der Waals surface area contributed by atoms with Crippen molar-refractivity contribution in [3.8, 4) is 0 Å². The summed E-state index contributed by atoms with van der Waals surface area (Å²) in [6, 6.07) is 7.88. The van der Waals surface area contributed by atoms with Crippen LogP contribution < -0.4 is 0 Å². The quantitative estimate of drug-likeness (QED) is 0.265. The summed E-state index contributed by atoms with van der Waals surface area (Å²) in [7, 11) is 0. The molecule has 13 atom stereocenters. The molecule has 4 aliphatic rings. The van der Waals surface area contributed by atoms with Crippen molar-refractivity contribution in [2.24, 2.45) is 58.2 Å². The SMILES string of the molecule is CC(C)[C@@H](C)[C@H](O)[C@@H](O)[C@@H](C)[C@H]1CC[C@H]2[C@@H]3CC(=O)[C@H]4C[C@H](O)[C@H](OC(=O)Cc5c[nH]c6ccccc56)C[C@]4(C)[C@H]3CC[C@]12C. The first-order valence-electron chi connectivity index (χ1n) is 17.6. The van der Waals surface area contributed by atoms with E-state index in [2.05, 4.69) is 39.6 Å². The highest BCUT2D eigenvalue weighted by atomic mass is 16.6. The van der Waals surface area contributed by atoms with Gasteiger partial charge in [0.1, 0.15) is 11.9 Å². The molecule has 4 fully saturated rings. The van der Waals surface area contributed by atoms with Crippen LogP contribution in [0.15, 0.2) is 30.5 Å². The molecular weight excluding hydrogens is 566 g/mol. The minimum atomic E-state index is -0.845. The highest BCUT2D eigenvalue weighted by Crippen LogP contribution is 2.68. The van der Waals surface area contributed by atoms with Gasteiger partial charge in [-0.2, -0.15) is 0 Å². The number of ketones is 1. The minimum Gasteiger partial charge on any atom is -0.459 e. The zero-order valence-electron chi connectivity index (χ0n) is 28.0. The Morgan fingerprint density at radius 3 is 2.47 bits per heavy atom. The summed E-state index contributed by atoms with van der Waals surface area (Å²) in [6.45, 7) is 12.9. The first-order chi connectivity index (χ1) is 21.3. The summed E-state index contributed by atoms with van der Waals surface area (Å²) in [5.74, 6) is 1.22. The van der Waals surface area contributed by atoms with E-state index in [1.165, 1.54) is 0 Å². The minimum absolute atomic E-state index is 0.00517. The number of aromatic nitrogens is 1. The lowest BCUT2D eigenvalue weighted by atomic mass is 9.43. The molecule has 248 valence electrons. The Morgan fingerprint density at radius 1 is 1.02 bits per heavy atom. The van der Waals surface area contributed by atoms with Crippen molar-refractivity contribution in [3.63, 3.8) is 0 Å². The van der Waals surface area contributed by atoms with Crippen molar-refractivity contribution in [3.05, 3.63) is 36.0 Å². The molecule has 0 bridgehead atoms. The van der Waals surface area contributed by atoms with Gasteiger partial charge in [-0.15, -0.1) is 0 Å². The van der Waals surface area contributed by atoms with Gasteiger partial charge in [0.15, 0.2) is 0 Å². The number of hydrogen-bond donors (Lipinski definition) is 4. The Morgan fingerprint density at radius 2 is 1.73 bits per heavy atom. The highest BCUT2D eigenvalue weighted by Gasteiger charge is 2.64. The number of esters is 1. The summed E-state index contributed by atoms with van der Waals surface area (Å²) in [4.78, 5) is 30.3. The van der Waals surface area contributed by atoms with E-state index in [1.54, 1.807) is 0 Å². The van der Waals surface area contributed by atoms with Crippen molar-refractivity contribution in [1.29, 1.82) is 0 Å². The monoisotopic (exact) mass is 621 g/mol. The van der Waals surface area contributed by atoms with E-state index < -0.39 is 24.4 Å². The number of carbonyl (C=O) groups excluding carboxylic acids is 2. The third-order valence-corrected chi connectivity index (χ3v) is 13.9. The summed E-state index contributed by atoms with van der Waals surface area (Å²) in [5, 5.41) is 34.5. The van der Waals surface area contributed by atoms with Crippen molar-refractivity contribution in [2.75, 3.05) is 0 Å². The molecule has 4 saturated carbocycles. The molecule has 2 aromatic rings. The Bertz CT molecular complexity index is 1400. The van der Waals surface area contributed by atoms with Crippen LogP contribution in [0, 0.1) is 58.2 Å². The predicted octanol–water partition coefficient (Wildman–Crippen LogP) is 6.08. The summed E-state index contributed by atoms with van der Waals surface area (Å²) >= 11 is 0. The lowest BCUT2D eigenvalue weighted by molar-refractivity contribution is -0.187. The van der Waals surface area contributed by atoms with Gasteiger partial charge < -0.3 is 25.0 Å². The van der Waals surface area contributed by atoms with Crippen LogP contribution in [0.4, 0.5) is 0 Å². The number of fused-ring (bicyclic) bond motifs is 6. The molecule has 6 rings (SSSR count). The standard InChI is InChI=1S/C38H55NO6/c1-20(2)21(3)35(43)36(44)22(4)26-11-12-27-25-16-31(40)29-17-32(41)33(18-38(29,6)28(25)13-14-37(26,27)5)45-34(42)15-23-19-39-30-10-8-7-9-24(23)30/h7-10,19-22,25-29,32-33,35-36,39,41,43-44H,11-18H2,1-6H3/t21-,22+,25+,26-,27+,28+,29-,32+,33-,35+,36+,37-,38-/m1/s1. The van der Waals surface area contributed by atoms with Crippen molar-refractivity contribution >= 4 is 22.7 Å². The fourth-order valence-corrected chi connectivity index (χ4v) is 11.0. The second kappa shape index (κ2) is 12.1. The predicted molar refractivity (Wildman–Crippen MR) is 174 cm³/mol. The third kappa shape index (κ3) is 5.49. The van der Waals surface area contributed by atoms with Gasteiger partial charge in [-0.25, -0.2) is 0 Å². The largest absolute Gasteiger partial charge is 0.459 e. The van der Waals surface area contributed by atoms with Crippen molar-refractivity contribution in [1.82, 2.24) is 4.98 Å². The van der Waals surface area contributed by atoms with Gasteiger partial charge in [0.05, 0.1) is 24.7 Å². The topological polar surface area (TPSA) is 120 Å². The number of benzene rings is 1. The molecule has 45 heavy (non-hydrogen) atoms. The van der Waals surface area contributed by atoms with Crippen LogP contribution in [0.5, 0.6) is 0 Å². The fourth-order valence-electron chi connectivity index (χ4n) is 11.0. The maximum atomic E-state index is 13.8. The fraction of sp³-hybridized carbons (Fsp3) is 0.737. The van der Waals surface area contributed by atoms with E-state index in [9.17, 15) is 24.9 Å². The summed E-state index contributed by atoms with van der Waals surface area (Å²) < 4.78 is 6.03. The van der Waals surface area contributed by atoms with Crippen LogP contribution in [-0.2, 0) is 20.7 Å². The number of hydrogen-bond acceptors (Lipinski definition) is 6. The number of carbonyl (C=O) groups is 2. The second-order valence-corrected chi connectivity index (χ2v) is 16.3. The van der Waals surface area contributed by atoms with Gasteiger partial charge in [-0.3, -0.25) is 9.59 Å². The van der Waals surface area contributed by atoms with Gasteiger partial charge in [-0.05, 0) is 102 Å². The molecule has 0 unspecified atom stereocenters. The highest BCUT2D eigenvalue weighted by molar-refractivity contribution is 5.87. The molecule has 1 aromatic carbocycles. The molecular formula is C38H55NO6.